The summed E-state index contributed by atoms with van der Waals surface area (Å²) in [6, 6.07) is 15.9. The van der Waals surface area contributed by atoms with Gasteiger partial charge in [-0.25, -0.2) is 0 Å². The smallest absolute Gasteiger partial charge is 0.163 e. The number of halogens is 1. The number of ether oxygens (including phenoxy) is 2. The minimum absolute atomic E-state index is 0. The maximum Gasteiger partial charge on any atom is 0.163 e. The number of aryl methyl sites for hydroxylation is 1. The number of Topliss-reactive ketones (excluding diaryl/α,β-unsaturated/α-hetero) is 1. The number of fused-ring (bicyclic) bond motifs is 1. The molecule has 1 saturated heterocycles. The number of carbonyl (C=O) groups is 1. The molecule has 1 aromatic heterocycles. The zero-order valence-electron chi connectivity index (χ0n) is 18.3. The van der Waals surface area contributed by atoms with E-state index in [1.165, 1.54) is 22.2 Å². The van der Waals surface area contributed by atoms with Gasteiger partial charge >= 0.3 is 0 Å². The summed E-state index contributed by atoms with van der Waals surface area (Å²) in [5.74, 6) is 0.938. The van der Waals surface area contributed by atoms with Crippen LogP contribution in [0.4, 0.5) is 0 Å². The summed E-state index contributed by atoms with van der Waals surface area (Å²) >= 11 is 0. The number of para-hydroxylation sites is 1. The molecular weight excluding hydrogens is 412 g/mol. The van der Waals surface area contributed by atoms with Crippen LogP contribution in [-0.4, -0.2) is 55.2 Å². The fraction of sp³-hybridized carbons (Fsp3) is 0.400. The summed E-state index contributed by atoms with van der Waals surface area (Å²) in [6.07, 6.45) is 1.26. The number of hydrogen-bond acceptors (Lipinski definition) is 4. The van der Waals surface area contributed by atoms with Gasteiger partial charge in [0.25, 0.3) is 0 Å². The second kappa shape index (κ2) is 10.8. The first-order valence-corrected chi connectivity index (χ1v) is 10.7. The van der Waals surface area contributed by atoms with E-state index in [1.54, 1.807) is 7.11 Å². The number of nitrogens with zero attached hydrogens (tertiary/aromatic N) is 2. The molecule has 0 bridgehead atoms. The molecule has 1 aliphatic heterocycles. The van der Waals surface area contributed by atoms with Gasteiger partial charge < -0.3 is 14.0 Å². The number of aromatic nitrogens is 1. The molecule has 0 unspecified atom stereocenters. The van der Waals surface area contributed by atoms with Gasteiger partial charge in [-0.3, -0.25) is 9.69 Å². The Hall–Kier alpha value is -2.34. The third-order valence-corrected chi connectivity index (χ3v) is 6.12. The molecule has 0 aliphatic carbocycles. The molecule has 0 radical (unpaired) electrons. The summed E-state index contributed by atoms with van der Waals surface area (Å²) < 4.78 is 13.1. The normalized spacial score (nSPS) is 14.4. The second-order valence-corrected chi connectivity index (χ2v) is 7.84. The average Bonchev–Trinajstić information content (AvgIpc) is 3.07. The Kier molecular flexibility index (Phi) is 8.13. The molecule has 2 heterocycles. The van der Waals surface area contributed by atoms with Crippen molar-refractivity contribution in [3.63, 3.8) is 0 Å². The Bertz CT molecular complexity index is 1010. The van der Waals surface area contributed by atoms with Crippen LogP contribution in [0.1, 0.15) is 28.0 Å². The Morgan fingerprint density at radius 2 is 1.74 bits per heavy atom. The lowest BCUT2D eigenvalue weighted by Crippen LogP contribution is -2.38. The molecular formula is C25H31ClN2O3. The third kappa shape index (κ3) is 5.29. The highest BCUT2D eigenvalue weighted by molar-refractivity contribution is 5.96. The molecule has 3 aromatic rings. The van der Waals surface area contributed by atoms with Gasteiger partial charge in [0.1, 0.15) is 5.75 Å². The highest BCUT2D eigenvalue weighted by Crippen LogP contribution is 2.27. The predicted octanol–water partition coefficient (Wildman–Crippen LogP) is 4.53. The van der Waals surface area contributed by atoms with Crippen LogP contribution in [0, 0.1) is 6.92 Å². The van der Waals surface area contributed by atoms with E-state index in [0.29, 0.717) is 6.42 Å². The van der Waals surface area contributed by atoms with Crippen molar-refractivity contribution in [1.29, 1.82) is 0 Å². The molecule has 166 valence electrons. The molecule has 31 heavy (non-hydrogen) atoms. The Labute approximate surface area is 190 Å². The number of methoxy groups -OCH3 is 1. The van der Waals surface area contributed by atoms with E-state index in [1.807, 2.05) is 24.3 Å². The fourth-order valence-corrected chi connectivity index (χ4v) is 4.33. The molecule has 0 atom stereocenters. The largest absolute Gasteiger partial charge is 0.497 e. The molecule has 2 aromatic carbocycles. The van der Waals surface area contributed by atoms with Gasteiger partial charge in [0, 0.05) is 54.8 Å². The van der Waals surface area contributed by atoms with Crippen LogP contribution < -0.4 is 4.74 Å². The van der Waals surface area contributed by atoms with Gasteiger partial charge in [0.2, 0.25) is 0 Å². The first kappa shape index (κ1) is 23.3. The molecule has 0 saturated carbocycles. The number of morpholine rings is 1. The first-order valence-electron chi connectivity index (χ1n) is 10.7. The molecule has 0 spiro atoms. The summed E-state index contributed by atoms with van der Waals surface area (Å²) in [6.45, 7) is 7.82. The summed E-state index contributed by atoms with van der Waals surface area (Å²) in [4.78, 5) is 15.2. The molecule has 6 heteroatoms. The van der Waals surface area contributed by atoms with Crippen molar-refractivity contribution >= 4 is 29.1 Å². The van der Waals surface area contributed by atoms with E-state index in [-0.39, 0.29) is 18.2 Å². The SMILES string of the molecule is COc1ccc(C(=O)CCc2c(C)n(CCN3CCOCC3)c3ccccc23)cc1.Cl. The van der Waals surface area contributed by atoms with Crippen LogP contribution >= 0.6 is 12.4 Å². The number of ketones is 1. The van der Waals surface area contributed by atoms with Gasteiger partial charge in [-0.15, -0.1) is 12.4 Å². The van der Waals surface area contributed by atoms with Crippen molar-refractivity contribution in [2.75, 3.05) is 40.0 Å². The number of hydrogen-bond donors (Lipinski definition) is 0. The lowest BCUT2D eigenvalue weighted by molar-refractivity contribution is 0.0365. The van der Waals surface area contributed by atoms with E-state index < -0.39 is 0 Å². The first-order chi connectivity index (χ1) is 14.7. The fourth-order valence-electron chi connectivity index (χ4n) is 4.33. The number of benzene rings is 2. The summed E-state index contributed by atoms with van der Waals surface area (Å²) in [5, 5.41) is 1.26. The second-order valence-electron chi connectivity index (χ2n) is 7.84. The van der Waals surface area contributed by atoms with E-state index in [4.69, 9.17) is 9.47 Å². The van der Waals surface area contributed by atoms with Gasteiger partial charge in [-0.1, -0.05) is 18.2 Å². The zero-order chi connectivity index (χ0) is 20.9. The van der Waals surface area contributed by atoms with Crippen molar-refractivity contribution in [3.05, 3.63) is 65.4 Å². The zero-order valence-corrected chi connectivity index (χ0v) is 19.1. The van der Waals surface area contributed by atoms with Crippen LogP contribution in [0.25, 0.3) is 10.9 Å². The van der Waals surface area contributed by atoms with Gasteiger partial charge in [0.05, 0.1) is 20.3 Å². The molecule has 5 nitrogen and oxygen atoms in total. The molecule has 1 aliphatic rings. The predicted molar refractivity (Wildman–Crippen MR) is 127 cm³/mol. The third-order valence-electron chi connectivity index (χ3n) is 6.12. The van der Waals surface area contributed by atoms with Crippen LogP contribution in [0.3, 0.4) is 0 Å². The van der Waals surface area contributed by atoms with Gasteiger partial charge in [0.15, 0.2) is 5.78 Å². The van der Waals surface area contributed by atoms with Crippen LogP contribution in [-0.2, 0) is 17.7 Å². The molecule has 0 N–H and O–H groups in total. The van der Waals surface area contributed by atoms with Crippen molar-refractivity contribution in [2.45, 2.75) is 26.3 Å². The monoisotopic (exact) mass is 442 g/mol. The van der Waals surface area contributed by atoms with E-state index in [2.05, 4.69) is 40.7 Å². The topological polar surface area (TPSA) is 43.7 Å². The van der Waals surface area contributed by atoms with E-state index in [9.17, 15) is 4.79 Å². The van der Waals surface area contributed by atoms with E-state index >= 15 is 0 Å². The van der Waals surface area contributed by atoms with Crippen molar-refractivity contribution < 1.29 is 14.3 Å². The highest BCUT2D eigenvalue weighted by atomic mass is 35.5. The minimum Gasteiger partial charge on any atom is -0.497 e. The van der Waals surface area contributed by atoms with Crippen molar-refractivity contribution in [3.8, 4) is 5.75 Å². The van der Waals surface area contributed by atoms with Gasteiger partial charge in [-0.05, 0) is 49.2 Å². The number of carbonyl (C=O) groups excluding carboxylic acids is 1. The lowest BCUT2D eigenvalue weighted by Gasteiger charge is -2.27. The lowest BCUT2D eigenvalue weighted by atomic mass is 10.0. The van der Waals surface area contributed by atoms with Crippen LogP contribution in [0.2, 0.25) is 0 Å². The molecule has 0 amide bonds. The van der Waals surface area contributed by atoms with E-state index in [0.717, 1.165) is 57.1 Å². The van der Waals surface area contributed by atoms with Gasteiger partial charge in [-0.2, -0.15) is 0 Å². The van der Waals surface area contributed by atoms with Crippen LogP contribution in [0.5, 0.6) is 5.75 Å². The standard InChI is InChI=1S/C25H30N2O3.ClH/c1-19-22(11-12-25(28)20-7-9-21(29-2)10-8-20)23-5-3-4-6-24(23)27(19)14-13-26-15-17-30-18-16-26;/h3-10H,11-18H2,1-2H3;1H. The average molecular weight is 443 g/mol. The van der Waals surface area contributed by atoms with Crippen molar-refractivity contribution in [1.82, 2.24) is 9.47 Å². The van der Waals surface area contributed by atoms with Crippen molar-refractivity contribution in [2.24, 2.45) is 0 Å². The Balaban J connectivity index is 0.00000272. The Morgan fingerprint density at radius 1 is 1.03 bits per heavy atom. The maximum absolute atomic E-state index is 12.7. The maximum atomic E-state index is 12.7. The summed E-state index contributed by atoms with van der Waals surface area (Å²) in [7, 11) is 1.63. The highest BCUT2D eigenvalue weighted by Gasteiger charge is 2.17. The minimum atomic E-state index is 0. The number of rotatable bonds is 8. The molecule has 4 rings (SSSR count). The Morgan fingerprint density at radius 3 is 2.45 bits per heavy atom. The molecule has 1 fully saturated rings. The quantitative estimate of drug-likeness (QED) is 0.481. The van der Waals surface area contributed by atoms with Crippen LogP contribution in [0.15, 0.2) is 48.5 Å². The summed E-state index contributed by atoms with van der Waals surface area (Å²) in [5.41, 5.74) is 4.56.